The lowest BCUT2D eigenvalue weighted by Crippen LogP contribution is -2.10. The van der Waals surface area contributed by atoms with Crippen LogP contribution >= 0.6 is 0 Å². The predicted octanol–water partition coefficient (Wildman–Crippen LogP) is 2.13. The van der Waals surface area contributed by atoms with Gasteiger partial charge in [-0.15, -0.1) is 6.58 Å². The van der Waals surface area contributed by atoms with Crippen LogP contribution in [0.5, 0.6) is 0 Å². The Morgan fingerprint density at radius 1 is 1.55 bits per heavy atom. The summed E-state index contributed by atoms with van der Waals surface area (Å²) >= 11 is 0. The average Bonchev–Trinajstić information content (AvgIpc) is 1.99. The topological polar surface area (TPSA) is 37.3 Å². The van der Waals surface area contributed by atoms with E-state index in [1.165, 1.54) is 0 Å². The van der Waals surface area contributed by atoms with Crippen molar-refractivity contribution in [2.24, 2.45) is 0 Å². The van der Waals surface area contributed by atoms with Crippen molar-refractivity contribution in [1.29, 1.82) is 0 Å². The van der Waals surface area contributed by atoms with Gasteiger partial charge in [0, 0.05) is 6.42 Å². The van der Waals surface area contributed by atoms with Crippen molar-refractivity contribution < 1.29 is 9.90 Å². The summed E-state index contributed by atoms with van der Waals surface area (Å²) in [7, 11) is 0. The first kappa shape index (κ1) is 8.05. The van der Waals surface area contributed by atoms with Gasteiger partial charge in [-0.1, -0.05) is 6.08 Å². The summed E-state index contributed by atoms with van der Waals surface area (Å²) in [5.41, 5.74) is 0.844. The monoisotopic (exact) mass is 152 g/mol. The minimum absolute atomic E-state index is 0.0175. The van der Waals surface area contributed by atoms with E-state index in [0.717, 1.165) is 18.4 Å². The smallest absolute Gasteiger partial charge is 0.197 e. The molecule has 0 aromatic carbocycles. The molecular weight excluding hydrogens is 140 g/mol. The highest BCUT2D eigenvalue weighted by Gasteiger charge is 2.17. The van der Waals surface area contributed by atoms with Gasteiger partial charge in [-0.3, -0.25) is 4.79 Å². The molecule has 0 unspecified atom stereocenters. The van der Waals surface area contributed by atoms with Gasteiger partial charge in [0.25, 0.3) is 0 Å². The zero-order valence-electron chi connectivity index (χ0n) is 6.47. The lowest BCUT2D eigenvalue weighted by molar-refractivity contribution is -0.118. The maximum absolute atomic E-state index is 10.9. The lowest BCUT2D eigenvalue weighted by atomic mass is 9.95. The van der Waals surface area contributed by atoms with Crippen molar-refractivity contribution in [3.63, 3.8) is 0 Å². The molecule has 60 valence electrons. The maximum Gasteiger partial charge on any atom is 0.197 e. The number of ketones is 1. The van der Waals surface area contributed by atoms with E-state index in [2.05, 4.69) is 6.58 Å². The van der Waals surface area contributed by atoms with Crippen LogP contribution in [0.1, 0.15) is 25.7 Å². The van der Waals surface area contributed by atoms with E-state index in [4.69, 9.17) is 0 Å². The van der Waals surface area contributed by atoms with E-state index in [-0.39, 0.29) is 11.5 Å². The van der Waals surface area contributed by atoms with Crippen LogP contribution in [0.4, 0.5) is 0 Å². The molecule has 0 amide bonds. The molecule has 2 heteroatoms. The summed E-state index contributed by atoms with van der Waals surface area (Å²) < 4.78 is 0. The van der Waals surface area contributed by atoms with Crippen LogP contribution < -0.4 is 0 Å². The molecule has 0 atom stereocenters. The third-order valence-corrected chi connectivity index (χ3v) is 1.87. The van der Waals surface area contributed by atoms with Crippen LogP contribution in [0.2, 0.25) is 0 Å². The summed E-state index contributed by atoms with van der Waals surface area (Å²) in [4.78, 5) is 10.9. The van der Waals surface area contributed by atoms with Crippen molar-refractivity contribution in [2.45, 2.75) is 25.7 Å². The number of carbonyl (C=O) groups excluding carboxylic acids is 1. The molecular formula is C9H12O2. The molecule has 0 saturated heterocycles. The molecule has 0 spiro atoms. The second kappa shape index (κ2) is 3.37. The molecule has 1 aliphatic carbocycles. The van der Waals surface area contributed by atoms with E-state index < -0.39 is 0 Å². The second-order valence-corrected chi connectivity index (χ2v) is 2.72. The van der Waals surface area contributed by atoms with E-state index in [0.29, 0.717) is 12.8 Å². The molecule has 1 rings (SSSR count). The number of aliphatic hydroxyl groups is 1. The molecule has 1 N–H and O–H groups in total. The zero-order chi connectivity index (χ0) is 8.27. The Hall–Kier alpha value is -1.05. The first-order chi connectivity index (χ1) is 5.25. The SMILES string of the molecule is C=CCC1=C(O)C(=O)CCC1. The summed E-state index contributed by atoms with van der Waals surface area (Å²) in [5, 5.41) is 9.25. The Kier molecular flexibility index (Phi) is 2.47. The van der Waals surface area contributed by atoms with Crippen LogP contribution in [-0.2, 0) is 4.79 Å². The molecule has 0 fully saturated rings. The second-order valence-electron chi connectivity index (χ2n) is 2.72. The first-order valence-electron chi connectivity index (χ1n) is 3.80. The number of carbonyl (C=O) groups is 1. The van der Waals surface area contributed by atoms with Gasteiger partial charge in [0.05, 0.1) is 0 Å². The number of hydrogen-bond donors (Lipinski definition) is 1. The lowest BCUT2D eigenvalue weighted by Gasteiger charge is -2.12. The summed E-state index contributed by atoms with van der Waals surface area (Å²) in [5.74, 6) is -0.135. The van der Waals surface area contributed by atoms with E-state index in [1.54, 1.807) is 6.08 Å². The van der Waals surface area contributed by atoms with Crippen LogP contribution in [-0.4, -0.2) is 10.9 Å². The fourth-order valence-electron chi connectivity index (χ4n) is 1.27. The quantitative estimate of drug-likeness (QED) is 0.615. The molecule has 1 aliphatic rings. The minimum Gasteiger partial charge on any atom is -0.504 e. The van der Waals surface area contributed by atoms with Crippen LogP contribution in [0.25, 0.3) is 0 Å². The van der Waals surface area contributed by atoms with Crippen molar-refractivity contribution in [1.82, 2.24) is 0 Å². The maximum atomic E-state index is 10.9. The fraction of sp³-hybridized carbons (Fsp3) is 0.444. The van der Waals surface area contributed by atoms with Gasteiger partial charge in [0.15, 0.2) is 11.5 Å². The normalized spacial score (nSPS) is 18.7. The standard InChI is InChI=1S/C9H12O2/c1-2-4-7-5-3-6-8(10)9(7)11/h2,11H,1,3-6H2. The average molecular weight is 152 g/mol. The largest absolute Gasteiger partial charge is 0.504 e. The number of allylic oxidation sites excluding steroid dienone is 3. The minimum atomic E-state index is -0.117. The Balaban J connectivity index is 2.79. The summed E-state index contributed by atoms with van der Waals surface area (Å²) in [6, 6.07) is 0. The molecule has 0 heterocycles. The highest BCUT2D eigenvalue weighted by atomic mass is 16.3. The number of rotatable bonds is 2. The van der Waals surface area contributed by atoms with Gasteiger partial charge >= 0.3 is 0 Å². The Bertz CT molecular complexity index is 214. The number of hydrogen-bond acceptors (Lipinski definition) is 2. The van der Waals surface area contributed by atoms with Gasteiger partial charge in [0.1, 0.15) is 0 Å². The molecule has 0 aromatic rings. The fourth-order valence-corrected chi connectivity index (χ4v) is 1.27. The molecule has 0 aliphatic heterocycles. The molecule has 0 aromatic heterocycles. The van der Waals surface area contributed by atoms with Gasteiger partial charge in [0.2, 0.25) is 0 Å². The van der Waals surface area contributed by atoms with Crippen LogP contribution in [0.3, 0.4) is 0 Å². The predicted molar refractivity (Wildman–Crippen MR) is 43.3 cm³/mol. The zero-order valence-corrected chi connectivity index (χ0v) is 6.47. The number of aliphatic hydroxyl groups excluding tert-OH is 1. The Labute approximate surface area is 66.2 Å². The molecule has 0 radical (unpaired) electrons. The summed E-state index contributed by atoms with van der Waals surface area (Å²) in [6.07, 6.45) is 4.55. The van der Waals surface area contributed by atoms with E-state index in [9.17, 15) is 9.90 Å². The van der Waals surface area contributed by atoms with Crippen molar-refractivity contribution in [2.75, 3.05) is 0 Å². The molecule has 0 saturated carbocycles. The number of Topliss-reactive ketones (excluding diaryl/α,β-unsaturated/α-hetero) is 1. The Morgan fingerprint density at radius 3 is 2.91 bits per heavy atom. The van der Waals surface area contributed by atoms with Crippen LogP contribution in [0, 0.1) is 0 Å². The van der Waals surface area contributed by atoms with E-state index >= 15 is 0 Å². The third kappa shape index (κ3) is 1.70. The first-order valence-corrected chi connectivity index (χ1v) is 3.80. The van der Waals surface area contributed by atoms with Gasteiger partial charge in [-0.05, 0) is 24.8 Å². The van der Waals surface area contributed by atoms with Crippen molar-refractivity contribution in [3.05, 3.63) is 24.0 Å². The third-order valence-electron chi connectivity index (χ3n) is 1.87. The highest BCUT2D eigenvalue weighted by Crippen LogP contribution is 2.22. The molecule has 0 bridgehead atoms. The van der Waals surface area contributed by atoms with E-state index in [1.807, 2.05) is 0 Å². The highest BCUT2D eigenvalue weighted by molar-refractivity contribution is 5.94. The van der Waals surface area contributed by atoms with Gasteiger partial charge < -0.3 is 5.11 Å². The van der Waals surface area contributed by atoms with Crippen molar-refractivity contribution in [3.8, 4) is 0 Å². The van der Waals surface area contributed by atoms with Crippen molar-refractivity contribution >= 4 is 5.78 Å². The Morgan fingerprint density at radius 2 is 2.27 bits per heavy atom. The molecule has 11 heavy (non-hydrogen) atoms. The molecule has 2 nitrogen and oxygen atoms in total. The van der Waals surface area contributed by atoms with Gasteiger partial charge in [-0.2, -0.15) is 0 Å². The summed E-state index contributed by atoms with van der Waals surface area (Å²) in [6.45, 7) is 3.56. The van der Waals surface area contributed by atoms with Gasteiger partial charge in [-0.25, -0.2) is 0 Å². The van der Waals surface area contributed by atoms with Crippen LogP contribution in [0.15, 0.2) is 24.0 Å².